The predicted molar refractivity (Wildman–Crippen MR) is 106 cm³/mol. The molecule has 1 heterocycles. The highest BCUT2D eigenvalue weighted by atomic mass is 16.7. The van der Waals surface area contributed by atoms with Gasteiger partial charge >= 0.3 is 7.12 Å². The molecule has 27 heavy (non-hydrogen) atoms. The quantitative estimate of drug-likeness (QED) is 0.613. The van der Waals surface area contributed by atoms with Gasteiger partial charge in [0.25, 0.3) is 0 Å². The van der Waals surface area contributed by atoms with Crippen LogP contribution in [0.3, 0.4) is 0 Å². The van der Waals surface area contributed by atoms with Gasteiger partial charge in [0.1, 0.15) is 5.75 Å². The van der Waals surface area contributed by atoms with E-state index < -0.39 is 18.3 Å². The molecule has 1 aliphatic rings. The molecule has 1 amide bonds. The van der Waals surface area contributed by atoms with E-state index in [1.165, 1.54) is 13.8 Å². The predicted octanol–water partition coefficient (Wildman–Crippen LogP) is 3.05. The normalized spacial score (nSPS) is 18.3. The molecule has 0 aliphatic carbocycles. The van der Waals surface area contributed by atoms with Gasteiger partial charge in [-0.2, -0.15) is 0 Å². The van der Waals surface area contributed by atoms with Crippen molar-refractivity contribution in [1.82, 2.24) is 5.32 Å². The summed E-state index contributed by atoms with van der Waals surface area (Å²) in [4.78, 5) is 23.2. The van der Waals surface area contributed by atoms with Gasteiger partial charge < -0.3 is 19.4 Å². The molecule has 0 spiro atoms. The van der Waals surface area contributed by atoms with Crippen molar-refractivity contribution in [2.24, 2.45) is 0 Å². The zero-order valence-corrected chi connectivity index (χ0v) is 17.1. The fourth-order valence-corrected chi connectivity index (χ4v) is 2.69. The van der Waals surface area contributed by atoms with Crippen molar-refractivity contribution in [2.45, 2.75) is 52.7 Å². The number of nitrogens with one attached hydrogen (secondary N) is 1. The van der Waals surface area contributed by atoms with E-state index in [0.29, 0.717) is 11.3 Å². The van der Waals surface area contributed by atoms with Gasteiger partial charge in [0.05, 0.1) is 18.3 Å². The fourth-order valence-electron chi connectivity index (χ4n) is 2.69. The Balaban J connectivity index is 2.47. The Bertz CT molecular complexity index is 754. The van der Waals surface area contributed by atoms with Gasteiger partial charge in [-0.3, -0.25) is 9.59 Å². The molecule has 2 rings (SSSR count). The molecule has 1 N–H and O–H groups in total. The van der Waals surface area contributed by atoms with Crippen LogP contribution in [-0.2, 0) is 14.1 Å². The van der Waals surface area contributed by atoms with Gasteiger partial charge in [-0.15, -0.1) is 0 Å². The third kappa shape index (κ3) is 4.79. The molecule has 7 heteroatoms. The van der Waals surface area contributed by atoms with Crippen LogP contribution in [0, 0.1) is 0 Å². The smallest absolute Gasteiger partial charge is 0.492 e. The summed E-state index contributed by atoms with van der Waals surface area (Å²) in [6.45, 7) is 11.1. The number of amides is 1. The van der Waals surface area contributed by atoms with Gasteiger partial charge in [-0.05, 0) is 58.3 Å². The Morgan fingerprint density at radius 1 is 1.15 bits per heavy atom. The number of hydrogen-bond donors (Lipinski definition) is 1. The molecular weight excluding hydrogens is 345 g/mol. The second-order valence-electron chi connectivity index (χ2n) is 7.73. The lowest BCUT2D eigenvalue weighted by atomic mass is 9.76. The topological polar surface area (TPSA) is 73.9 Å². The molecule has 0 bridgehead atoms. The lowest BCUT2D eigenvalue weighted by Crippen LogP contribution is -2.41. The highest BCUT2D eigenvalue weighted by Gasteiger charge is 2.52. The van der Waals surface area contributed by atoms with Gasteiger partial charge in [-0.25, -0.2) is 0 Å². The van der Waals surface area contributed by atoms with Gasteiger partial charge in [0.2, 0.25) is 5.91 Å². The van der Waals surface area contributed by atoms with Gasteiger partial charge in [-0.1, -0.05) is 6.08 Å². The average Bonchev–Trinajstić information content (AvgIpc) is 2.78. The Morgan fingerprint density at radius 3 is 2.22 bits per heavy atom. The number of carbonyl (C=O) groups is 2. The van der Waals surface area contributed by atoms with Crippen LogP contribution in [0.1, 0.15) is 57.5 Å². The van der Waals surface area contributed by atoms with Crippen LogP contribution in [-0.4, -0.2) is 43.7 Å². The van der Waals surface area contributed by atoms with Crippen molar-refractivity contribution < 1.29 is 23.6 Å². The lowest BCUT2D eigenvalue weighted by Gasteiger charge is -2.32. The molecule has 6 nitrogen and oxygen atoms in total. The maximum atomic E-state index is 11.8. The van der Waals surface area contributed by atoms with E-state index in [2.05, 4.69) is 5.32 Å². The van der Waals surface area contributed by atoms with E-state index in [9.17, 15) is 9.59 Å². The van der Waals surface area contributed by atoms with E-state index in [1.807, 2.05) is 33.8 Å². The summed E-state index contributed by atoms with van der Waals surface area (Å²) in [5.41, 5.74) is 1.04. The van der Waals surface area contributed by atoms with Crippen LogP contribution >= 0.6 is 0 Å². The highest BCUT2D eigenvalue weighted by molar-refractivity contribution is 6.56. The van der Waals surface area contributed by atoms with Crippen molar-refractivity contribution >= 4 is 24.9 Å². The van der Waals surface area contributed by atoms with Crippen molar-refractivity contribution in [3.8, 4) is 5.75 Å². The summed E-state index contributed by atoms with van der Waals surface area (Å²) in [6, 6.07) is 5.24. The van der Waals surface area contributed by atoms with E-state index in [1.54, 1.807) is 25.3 Å². The molecule has 1 aromatic carbocycles. The van der Waals surface area contributed by atoms with E-state index in [0.717, 1.165) is 11.0 Å². The number of methoxy groups -OCH3 is 1. The lowest BCUT2D eigenvalue weighted by molar-refractivity contribution is -0.118. The maximum Gasteiger partial charge on any atom is 0.492 e. The average molecular weight is 373 g/mol. The molecule has 1 aliphatic heterocycles. The second-order valence-corrected chi connectivity index (χ2v) is 7.73. The first-order valence-corrected chi connectivity index (χ1v) is 8.96. The third-order valence-corrected chi connectivity index (χ3v) is 5.07. The van der Waals surface area contributed by atoms with Crippen molar-refractivity contribution in [3.05, 3.63) is 34.8 Å². The van der Waals surface area contributed by atoms with Crippen molar-refractivity contribution in [1.29, 1.82) is 0 Å². The summed E-state index contributed by atoms with van der Waals surface area (Å²) in [5.74, 6) is 0.435. The summed E-state index contributed by atoms with van der Waals surface area (Å²) in [6.07, 6.45) is 1.85. The Labute approximate surface area is 161 Å². The fraction of sp³-hybridized carbons (Fsp3) is 0.500. The summed E-state index contributed by atoms with van der Waals surface area (Å²) in [7, 11) is 0.954. The molecule has 146 valence electrons. The van der Waals surface area contributed by atoms with Crippen LogP contribution in [0.4, 0.5) is 0 Å². The monoisotopic (exact) mass is 373 g/mol. The number of rotatable bonds is 6. The molecule has 0 saturated carbocycles. The van der Waals surface area contributed by atoms with E-state index in [4.69, 9.17) is 14.0 Å². The standard InChI is InChI=1S/C20H28BNO5/c1-13(23)15-8-9-18(25-7)16(10-15)11-17(12-22-14(2)24)21-26-19(3,4)20(5,6)27-21/h8-11H,12H2,1-7H3,(H,22,24). The Kier molecular flexibility index (Phi) is 6.17. The number of ether oxygens (including phenoxy) is 1. The largest absolute Gasteiger partial charge is 0.496 e. The molecule has 0 aromatic heterocycles. The molecule has 1 fully saturated rings. The van der Waals surface area contributed by atoms with Crippen LogP contribution in [0.5, 0.6) is 5.75 Å². The molecule has 1 saturated heterocycles. The highest BCUT2D eigenvalue weighted by Crippen LogP contribution is 2.39. The molecule has 0 radical (unpaired) electrons. The third-order valence-electron chi connectivity index (χ3n) is 5.07. The minimum Gasteiger partial charge on any atom is -0.496 e. The minimum absolute atomic E-state index is 0.0358. The van der Waals surface area contributed by atoms with Crippen LogP contribution < -0.4 is 10.1 Å². The zero-order valence-electron chi connectivity index (χ0n) is 17.1. The first-order valence-electron chi connectivity index (χ1n) is 8.96. The molecule has 0 atom stereocenters. The van der Waals surface area contributed by atoms with E-state index >= 15 is 0 Å². The van der Waals surface area contributed by atoms with Crippen LogP contribution in [0.25, 0.3) is 6.08 Å². The first-order chi connectivity index (χ1) is 12.5. The SMILES string of the molecule is COc1ccc(C(C)=O)cc1C=C(CNC(C)=O)B1OC(C)(C)C(C)(C)O1. The number of hydrogen-bond acceptors (Lipinski definition) is 5. The van der Waals surface area contributed by atoms with Crippen molar-refractivity contribution in [3.63, 3.8) is 0 Å². The number of carbonyl (C=O) groups excluding carboxylic acids is 2. The molecule has 1 aromatic rings. The molecule has 0 unspecified atom stereocenters. The summed E-state index contributed by atoms with van der Waals surface area (Å²) in [5, 5.41) is 2.80. The summed E-state index contributed by atoms with van der Waals surface area (Å²) < 4.78 is 17.7. The number of ketones is 1. The Hall–Kier alpha value is -2.12. The zero-order chi connectivity index (χ0) is 20.4. The van der Waals surface area contributed by atoms with Gasteiger partial charge in [0, 0.05) is 24.6 Å². The minimum atomic E-state index is -0.618. The van der Waals surface area contributed by atoms with Crippen LogP contribution in [0.15, 0.2) is 23.7 Å². The summed E-state index contributed by atoms with van der Waals surface area (Å²) >= 11 is 0. The van der Waals surface area contributed by atoms with Gasteiger partial charge in [0.15, 0.2) is 5.78 Å². The second kappa shape index (κ2) is 7.86. The number of Topliss-reactive ketones (excluding diaryl/α,β-unsaturated/α-hetero) is 1. The van der Waals surface area contributed by atoms with E-state index in [-0.39, 0.29) is 18.2 Å². The maximum absolute atomic E-state index is 11.8. The van der Waals surface area contributed by atoms with Crippen LogP contribution in [0.2, 0.25) is 0 Å². The van der Waals surface area contributed by atoms with Crippen molar-refractivity contribution in [2.75, 3.05) is 13.7 Å². The number of benzene rings is 1. The first kappa shape index (κ1) is 21.2. The Morgan fingerprint density at radius 2 is 1.74 bits per heavy atom. The molecular formula is C20H28BNO5.